The molecule has 0 aliphatic heterocycles. The normalized spacial score (nSPS) is 10.9. The average molecular weight is 332 g/mol. The molecule has 6 heteroatoms. The largest absolute Gasteiger partial charge is 0.461 e. The van der Waals surface area contributed by atoms with E-state index in [1.807, 2.05) is 54.7 Å². The van der Waals surface area contributed by atoms with E-state index in [0.29, 0.717) is 16.9 Å². The fraction of sp³-hybridized carbons (Fsp3) is 0.105. The maximum Gasteiger partial charge on any atom is 0.360 e. The van der Waals surface area contributed by atoms with Gasteiger partial charge in [-0.2, -0.15) is 0 Å². The first-order valence-corrected chi connectivity index (χ1v) is 8.02. The van der Waals surface area contributed by atoms with Crippen molar-refractivity contribution in [3.8, 4) is 0 Å². The van der Waals surface area contributed by atoms with Crippen molar-refractivity contribution in [3.63, 3.8) is 0 Å². The van der Waals surface area contributed by atoms with Gasteiger partial charge in [0.15, 0.2) is 11.5 Å². The maximum absolute atomic E-state index is 12.3. The molecular weight excluding hydrogens is 316 g/mol. The number of carbonyl (C=O) groups is 1. The number of nitrogens with one attached hydrogen (secondary N) is 2. The van der Waals surface area contributed by atoms with Crippen LogP contribution in [0.5, 0.6) is 0 Å². The Morgan fingerprint density at radius 1 is 1.12 bits per heavy atom. The summed E-state index contributed by atoms with van der Waals surface area (Å²) in [6.45, 7) is 2.04. The monoisotopic (exact) mass is 332 g/mol. The molecule has 2 aromatic carbocycles. The molecular formula is C19H16N4O2. The summed E-state index contributed by atoms with van der Waals surface area (Å²) in [6, 6.07) is 15.3. The summed E-state index contributed by atoms with van der Waals surface area (Å²) in [5, 5.41) is 4.26. The van der Waals surface area contributed by atoms with E-state index in [0.717, 1.165) is 16.6 Å². The molecule has 124 valence electrons. The minimum absolute atomic E-state index is 0.176. The van der Waals surface area contributed by atoms with E-state index in [4.69, 9.17) is 4.74 Å². The third kappa shape index (κ3) is 2.89. The molecule has 0 bridgehead atoms. The van der Waals surface area contributed by atoms with Crippen LogP contribution in [-0.2, 0) is 4.74 Å². The van der Waals surface area contributed by atoms with Crippen LogP contribution in [0.2, 0.25) is 0 Å². The molecule has 0 unspecified atom stereocenters. The van der Waals surface area contributed by atoms with Crippen LogP contribution in [0.1, 0.15) is 17.4 Å². The number of rotatable bonds is 4. The van der Waals surface area contributed by atoms with E-state index in [1.54, 1.807) is 6.92 Å². The van der Waals surface area contributed by atoms with Gasteiger partial charge in [0, 0.05) is 22.8 Å². The molecule has 2 N–H and O–H groups in total. The molecule has 0 aliphatic rings. The number of aromatic nitrogens is 3. The maximum atomic E-state index is 12.3. The number of aromatic amines is 1. The average Bonchev–Trinajstić information content (AvgIpc) is 3.09. The lowest BCUT2D eigenvalue weighted by Gasteiger charge is -2.11. The van der Waals surface area contributed by atoms with Crippen LogP contribution in [0, 0.1) is 0 Å². The zero-order chi connectivity index (χ0) is 17.2. The van der Waals surface area contributed by atoms with E-state index in [1.165, 1.54) is 0 Å². The smallest absolute Gasteiger partial charge is 0.360 e. The predicted molar refractivity (Wildman–Crippen MR) is 97.1 cm³/mol. The quantitative estimate of drug-likeness (QED) is 0.552. The Kier molecular flexibility index (Phi) is 3.78. The first-order chi connectivity index (χ1) is 12.2. The molecule has 0 aliphatic carbocycles. The fourth-order valence-corrected chi connectivity index (χ4v) is 2.70. The highest BCUT2D eigenvalue weighted by molar-refractivity contribution is 5.96. The molecule has 0 saturated heterocycles. The van der Waals surface area contributed by atoms with Crippen molar-refractivity contribution >= 4 is 39.4 Å². The van der Waals surface area contributed by atoms with Gasteiger partial charge in [0.05, 0.1) is 17.6 Å². The molecule has 4 rings (SSSR count). The molecule has 25 heavy (non-hydrogen) atoms. The summed E-state index contributed by atoms with van der Waals surface area (Å²) >= 11 is 0. The van der Waals surface area contributed by atoms with Gasteiger partial charge in [0.2, 0.25) is 0 Å². The first kappa shape index (κ1) is 15.1. The first-order valence-electron chi connectivity index (χ1n) is 8.02. The van der Waals surface area contributed by atoms with E-state index in [9.17, 15) is 4.79 Å². The molecule has 0 radical (unpaired) electrons. The Morgan fingerprint density at radius 2 is 1.92 bits per heavy atom. The van der Waals surface area contributed by atoms with Crippen LogP contribution in [0.3, 0.4) is 0 Å². The fourth-order valence-electron chi connectivity index (χ4n) is 2.70. The van der Waals surface area contributed by atoms with Gasteiger partial charge in [-0.05, 0) is 43.3 Å². The Morgan fingerprint density at radius 3 is 2.72 bits per heavy atom. The SMILES string of the molecule is CCOC(=O)c1nc2ccccc2nc1Nc1ccc2[nH]ccc2c1. The van der Waals surface area contributed by atoms with Crippen molar-refractivity contribution in [3.05, 3.63) is 60.4 Å². The Balaban J connectivity index is 1.80. The Labute approximate surface area is 143 Å². The molecule has 0 amide bonds. The molecule has 2 heterocycles. The highest BCUT2D eigenvalue weighted by atomic mass is 16.5. The zero-order valence-electron chi connectivity index (χ0n) is 13.6. The zero-order valence-corrected chi connectivity index (χ0v) is 13.6. The van der Waals surface area contributed by atoms with Crippen LogP contribution in [0.15, 0.2) is 54.7 Å². The third-order valence-electron chi connectivity index (χ3n) is 3.86. The van der Waals surface area contributed by atoms with E-state index in [2.05, 4.69) is 20.3 Å². The molecule has 2 aromatic heterocycles. The van der Waals surface area contributed by atoms with Gasteiger partial charge in [-0.3, -0.25) is 0 Å². The van der Waals surface area contributed by atoms with Crippen LogP contribution in [0.25, 0.3) is 21.9 Å². The lowest BCUT2D eigenvalue weighted by atomic mass is 10.2. The summed E-state index contributed by atoms with van der Waals surface area (Å²) in [5.74, 6) is -0.113. The lowest BCUT2D eigenvalue weighted by Crippen LogP contribution is -2.12. The van der Waals surface area contributed by atoms with Gasteiger partial charge < -0.3 is 15.0 Å². The number of benzene rings is 2. The highest BCUT2D eigenvalue weighted by Gasteiger charge is 2.18. The topological polar surface area (TPSA) is 79.9 Å². The molecule has 4 aromatic rings. The Hall–Kier alpha value is -3.41. The number of hydrogen-bond acceptors (Lipinski definition) is 5. The third-order valence-corrected chi connectivity index (χ3v) is 3.86. The van der Waals surface area contributed by atoms with E-state index >= 15 is 0 Å². The molecule has 6 nitrogen and oxygen atoms in total. The minimum Gasteiger partial charge on any atom is -0.461 e. The number of fused-ring (bicyclic) bond motifs is 2. The number of nitrogens with zero attached hydrogens (tertiary/aromatic N) is 2. The molecule has 0 fully saturated rings. The van der Waals surface area contributed by atoms with Gasteiger partial charge in [-0.1, -0.05) is 12.1 Å². The summed E-state index contributed by atoms with van der Waals surface area (Å²) in [4.78, 5) is 24.4. The highest BCUT2D eigenvalue weighted by Crippen LogP contribution is 2.24. The van der Waals surface area contributed by atoms with Crippen molar-refractivity contribution in [2.45, 2.75) is 6.92 Å². The lowest BCUT2D eigenvalue weighted by molar-refractivity contribution is 0.0521. The van der Waals surface area contributed by atoms with E-state index < -0.39 is 5.97 Å². The van der Waals surface area contributed by atoms with Crippen LogP contribution < -0.4 is 5.32 Å². The number of anilines is 2. The molecule has 0 saturated carbocycles. The number of H-pyrrole nitrogens is 1. The second-order valence-corrected chi connectivity index (χ2v) is 5.53. The summed E-state index contributed by atoms with van der Waals surface area (Å²) in [6.07, 6.45) is 1.88. The standard InChI is InChI=1S/C19H16N4O2/c1-2-25-19(24)17-18(23-16-6-4-3-5-15(16)22-17)21-13-7-8-14-12(11-13)9-10-20-14/h3-11,20H,2H2,1H3,(H,21,23). The second-order valence-electron chi connectivity index (χ2n) is 5.53. The number of esters is 1. The molecule has 0 atom stereocenters. The predicted octanol–water partition coefficient (Wildman–Crippen LogP) is 4.03. The van der Waals surface area contributed by atoms with Crippen molar-refractivity contribution in [1.82, 2.24) is 15.0 Å². The van der Waals surface area contributed by atoms with Gasteiger partial charge in [-0.15, -0.1) is 0 Å². The van der Waals surface area contributed by atoms with Gasteiger partial charge >= 0.3 is 5.97 Å². The second kappa shape index (κ2) is 6.24. The van der Waals surface area contributed by atoms with Gasteiger partial charge in [-0.25, -0.2) is 14.8 Å². The number of ether oxygens (including phenoxy) is 1. The van der Waals surface area contributed by atoms with Crippen LogP contribution in [-0.4, -0.2) is 27.5 Å². The van der Waals surface area contributed by atoms with Crippen molar-refractivity contribution < 1.29 is 9.53 Å². The summed E-state index contributed by atoms with van der Waals surface area (Å²) in [5.41, 5.74) is 3.40. The Bertz CT molecular complexity index is 1070. The summed E-state index contributed by atoms with van der Waals surface area (Å²) < 4.78 is 5.13. The minimum atomic E-state index is -0.494. The number of carbonyl (C=O) groups excluding carboxylic acids is 1. The number of para-hydroxylation sites is 2. The van der Waals surface area contributed by atoms with Crippen molar-refractivity contribution in [1.29, 1.82) is 0 Å². The van der Waals surface area contributed by atoms with Gasteiger partial charge in [0.1, 0.15) is 0 Å². The number of hydrogen-bond donors (Lipinski definition) is 2. The van der Waals surface area contributed by atoms with Gasteiger partial charge in [0.25, 0.3) is 0 Å². The van der Waals surface area contributed by atoms with Crippen LogP contribution in [0.4, 0.5) is 11.5 Å². The van der Waals surface area contributed by atoms with Crippen molar-refractivity contribution in [2.75, 3.05) is 11.9 Å². The van der Waals surface area contributed by atoms with Crippen LogP contribution >= 0.6 is 0 Å². The summed E-state index contributed by atoms with van der Waals surface area (Å²) in [7, 11) is 0. The molecule has 0 spiro atoms. The van der Waals surface area contributed by atoms with Crippen molar-refractivity contribution in [2.24, 2.45) is 0 Å². The van der Waals surface area contributed by atoms with E-state index in [-0.39, 0.29) is 12.3 Å².